The molecule has 0 aliphatic carbocycles. The minimum atomic E-state index is -0.0314. The van der Waals surface area contributed by atoms with Gasteiger partial charge in [0.25, 0.3) is 5.91 Å². The summed E-state index contributed by atoms with van der Waals surface area (Å²) in [7, 11) is 1.77. The lowest BCUT2D eigenvalue weighted by atomic mass is 10.2. The van der Waals surface area contributed by atoms with Crippen LogP contribution in [0.2, 0.25) is 0 Å². The maximum atomic E-state index is 12.2. The summed E-state index contributed by atoms with van der Waals surface area (Å²) in [4.78, 5) is 18.6. The average molecular weight is 286 g/mol. The number of benzene rings is 1. The van der Waals surface area contributed by atoms with E-state index in [9.17, 15) is 4.79 Å². The number of rotatable bonds is 3. The first kappa shape index (κ1) is 12.9. The van der Waals surface area contributed by atoms with Crippen molar-refractivity contribution in [3.8, 4) is 0 Å². The first-order valence-electron chi connectivity index (χ1n) is 6.29. The number of amides is 1. The molecule has 0 fully saturated rings. The Kier molecular flexibility index (Phi) is 3.28. The monoisotopic (exact) mass is 286 g/mol. The van der Waals surface area contributed by atoms with Gasteiger partial charge in [-0.25, -0.2) is 4.98 Å². The van der Waals surface area contributed by atoms with Gasteiger partial charge in [-0.2, -0.15) is 0 Å². The molecule has 3 aromatic rings. The highest BCUT2D eigenvalue weighted by Crippen LogP contribution is 2.21. The first-order chi connectivity index (χ1) is 9.63. The molecular formula is C15H14N2O2S. The largest absolute Gasteiger partial charge is 0.459 e. The predicted octanol–water partition coefficient (Wildman–Crippen LogP) is 3.47. The highest BCUT2D eigenvalue weighted by Gasteiger charge is 2.16. The number of aryl methyl sites for hydroxylation is 1. The molecule has 0 bridgehead atoms. The fourth-order valence-corrected chi connectivity index (χ4v) is 2.84. The molecule has 0 atom stereocenters. The normalized spacial score (nSPS) is 10.9. The van der Waals surface area contributed by atoms with E-state index in [1.54, 1.807) is 18.1 Å². The summed E-state index contributed by atoms with van der Waals surface area (Å²) in [5.74, 6) is 0.749. The molecule has 0 aliphatic heterocycles. The summed E-state index contributed by atoms with van der Waals surface area (Å²) >= 11 is 1.41. The van der Waals surface area contributed by atoms with E-state index in [1.165, 1.54) is 11.3 Å². The van der Waals surface area contributed by atoms with Gasteiger partial charge in [-0.15, -0.1) is 11.3 Å². The van der Waals surface area contributed by atoms with Gasteiger partial charge in [0.15, 0.2) is 0 Å². The number of hydrogen-bond acceptors (Lipinski definition) is 4. The lowest BCUT2D eigenvalue weighted by molar-refractivity contribution is 0.0781. The van der Waals surface area contributed by atoms with Crippen molar-refractivity contribution in [3.63, 3.8) is 0 Å². The highest BCUT2D eigenvalue weighted by atomic mass is 32.1. The van der Waals surface area contributed by atoms with Gasteiger partial charge in [-0.1, -0.05) is 18.2 Å². The summed E-state index contributed by atoms with van der Waals surface area (Å²) in [6.45, 7) is 2.34. The van der Waals surface area contributed by atoms with E-state index in [0.717, 1.165) is 21.7 Å². The zero-order chi connectivity index (χ0) is 14.1. The van der Waals surface area contributed by atoms with Gasteiger partial charge in [-0.05, 0) is 19.1 Å². The number of thiazole rings is 1. The minimum absolute atomic E-state index is 0.0314. The van der Waals surface area contributed by atoms with E-state index >= 15 is 0 Å². The highest BCUT2D eigenvalue weighted by molar-refractivity contribution is 7.13. The van der Waals surface area contributed by atoms with Gasteiger partial charge < -0.3 is 9.32 Å². The van der Waals surface area contributed by atoms with Crippen LogP contribution in [0.5, 0.6) is 0 Å². The number of carbonyl (C=O) groups excluding carboxylic acids is 1. The molecule has 102 valence electrons. The van der Waals surface area contributed by atoms with Crippen LogP contribution in [-0.2, 0) is 6.54 Å². The van der Waals surface area contributed by atoms with E-state index in [-0.39, 0.29) is 5.91 Å². The fraction of sp³-hybridized carbons (Fsp3) is 0.200. The van der Waals surface area contributed by atoms with Gasteiger partial charge in [0.05, 0.1) is 17.7 Å². The third-order valence-electron chi connectivity index (χ3n) is 3.05. The van der Waals surface area contributed by atoms with Gasteiger partial charge in [0, 0.05) is 12.4 Å². The second-order valence-corrected chi connectivity index (χ2v) is 5.89. The molecule has 1 amide bonds. The van der Waals surface area contributed by atoms with E-state index in [2.05, 4.69) is 4.98 Å². The molecule has 0 spiro atoms. The van der Waals surface area contributed by atoms with Crippen LogP contribution in [0.4, 0.5) is 0 Å². The summed E-state index contributed by atoms with van der Waals surface area (Å²) in [5.41, 5.74) is 0.844. The summed E-state index contributed by atoms with van der Waals surface area (Å²) in [6.07, 6.45) is 1.62. The number of aromatic nitrogens is 1. The lowest BCUT2D eigenvalue weighted by Gasteiger charge is -2.13. The quantitative estimate of drug-likeness (QED) is 0.740. The van der Waals surface area contributed by atoms with Gasteiger partial charge in [0.1, 0.15) is 16.2 Å². The van der Waals surface area contributed by atoms with Crippen molar-refractivity contribution in [2.75, 3.05) is 7.05 Å². The Morgan fingerprint density at radius 1 is 1.40 bits per heavy atom. The molecule has 0 radical (unpaired) electrons. The van der Waals surface area contributed by atoms with Crippen molar-refractivity contribution < 1.29 is 9.21 Å². The van der Waals surface area contributed by atoms with Crippen LogP contribution in [0.15, 0.2) is 40.9 Å². The van der Waals surface area contributed by atoms with Crippen LogP contribution >= 0.6 is 11.3 Å². The SMILES string of the molecule is Cc1ncc(C(=O)N(C)Cc2cc3ccccc3o2)s1. The maximum Gasteiger partial charge on any atom is 0.265 e. The van der Waals surface area contributed by atoms with Crippen molar-refractivity contribution in [1.82, 2.24) is 9.88 Å². The number of furan rings is 1. The molecule has 4 nitrogen and oxygen atoms in total. The van der Waals surface area contributed by atoms with E-state index in [4.69, 9.17) is 4.42 Å². The third-order valence-corrected chi connectivity index (χ3v) is 3.95. The molecule has 3 rings (SSSR count). The number of nitrogens with zero attached hydrogens (tertiary/aromatic N) is 2. The molecule has 0 unspecified atom stereocenters. The van der Waals surface area contributed by atoms with Crippen molar-refractivity contribution in [2.24, 2.45) is 0 Å². The molecule has 0 aliphatic rings. The number of fused-ring (bicyclic) bond motifs is 1. The van der Waals surface area contributed by atoms with Crippen molar-refractivity contribution in [1.29, 1.82) is 0 Å². The van der Waals surface area contributed by atoms with Gasteiger partial charge in [-0.3, -0.25) is 4.79 Å². The standard InChI is InChI=1S/C15H14N2O2S/c1-10-16-8-14(20-10)15(18)17(2)9-12-7-11-5-3-4-6-13(11)19-12/h3-8H,9H2,1-2H3. The molecule has 0 saturated carbocycles. The maximum absolute atomic E-state index is 12.2. The van der Waals surface area contributed by atoms with Crippen LogP contribution < -0.4 is 0 Å². The second kappa shape index (κ2) is 5.09. The van der Waals surface area contributed by atoms with Crippen LogP contribution in [0.1, 0.15) is 20.4 Å². The Labute approximate surface area is 120 Å². The van der Waals surface area contributed by atoms with Crippen LogP contribution in [0.3, 0.4) is 0 Å². The summed E-state index contributed by atoms with van der Waals surface area (Å²) in [6, 6.07) is 9.79. The predicted molar refractivity (Wildman–Crippen MR) is 78.9 cm³/mol. The molecular weight excluding hydrogens is 272 g/mol. The molecule has 20 heavy (non-hydrogen) atoms. The van der Waals surface area contributed by atoms with E-state index in [1.807, 2.05) is 37.3 Å². The first-order valence-corrected chi connectivity index (χ1v) is 7.10. The average Bonchev–Trinajstić information content (AvgIpc) is 3.03. The summed E-state index contributed by atoms with van der Waals surface area (Å²) in [5, 5.41) is 1.95. The Balaban J connectivity index is 1.78. The molecule has 1 aromatic carbocycles. The molecule has 0 N–H and O–H groups in total. The zero-order valence-corrected chi connectivity index (χ0v) is 12.1. The lowest BCUT2D eigenvalue weighted by Crippen LogP contribution is -2.25. The van der Waals surface area contributed by atoms with Crippen LogP contribution in [0.25, 0.3) is 11.0 Å². The number of para-hydroxylation sites is 1. The topological polar surface area (TPSA) is 46.3 Å². The van der Waals surface area contributed by atoms with E-state index < -0.39 is 0 Å². The van der Waals surface area contributed by atoms with Crippen molar-refractivity contribution >= 4 is 28.2 Å². The summed E-state index contributed by atoms with van der Waals surface area (Å²) < 4.78 is 5.72. The fourth-order valence-electron chi connectivity index (χ4n) is 2.07. The Bertz CT molecular complexity index is 727. The molecule has 2 heterocycles. The Hall–Kier alpha value is -2.14. The Morgan fingerprint density at radius 2 is 2.20 bits per heavy atom. The van der Waals surface area contributed by atoms with Crippen molar-refractivity contribution in [3.05, 3.63) is 52.2 Å². The van der Waals surface area contributed by atoms with Gasteiger partial charge in [0.2, 0.25) is 0 Å². The minimum Gasteiger partial charge on any atom is -0.459 e. The van der Waals surface area contributed by atoms with E-state index in [0.29, 0.717) is 11.4 Å². The second-order valence-electron chi connectivity index (χ2n) is 4.66. The Morgan fingerprint density at radius 3 is 2.90 bits per heavy atom. The molecule has 5 heteroatoms. The van der Waals surface area contributed by atoms with Crippen molar-refractivity contribution in [2.45, 2.75) is 13.5 Å². The number of carbonyl (C=O) groups is 1. The van der Waals surface area contributed by atoms with Crippen LogP contribution in [0, 0.1) is 6.92 Å². The molecule has 2 aromatic heterocycles. The van der Waals surface area contributed by atoms with Crippen LogP contribution in [-0.4, -0.2) is 22.8 Å². The van der Waals surface area contributed by atoms with Gasteiger partial charge >= 0.3 is 0 Å². The zero-order valence-electron chi connectivity index (χ0n) is 11.3. The smallest absolute Gasteiger partial charge is 0.265 e. The number of hydrogen-bond donors (Lipinski definition) is 0. The third kappa shape index (κ3) is 2.44. The molecule has 0 saturated heterocycles.